The van der Waals surface area contributed by atoms with Crippen molar-refractivity contribution in [3.05, 3.63) is 12.7 Å². The van der Waals surface area contributed by atoms with E-state index in [2.05, 4.69) is 6.58 Å². The minimum Gasteiger partial charge on any atom is -0.462 e. The molecule has 0 radical (unpaired) electrons. The predicted octanol–water partition coefficient (Wildman–Crippen LogP) is 2.79. The second-order valence-electron chi connectivity index (χ2n) is 5.93. The first-order valence-electron chi connectivity index (χ1n) is 6.55. The number of esters is 1. The Morgan fingerprint density at radius 2 is 1.69 bits per heavy atom. The van der Waals surface area contributed by atoms with Crippen LogP contribution < -0.4 is 0 Å². The van der Waals surface area contributed by atoms with E-state index in [-0.39, 0.29) is 5.97 Å². The fourth-order valence-corrected chi connectivity index (χ4v) is 4.55. The van der Waals surface area contributed by atoms with Crippen LogP contribution in [0.2, 0.25) is 0 Å². The maximum absolute atomic E-state index is 11.1. The van der Waals surface area contributed by atoms with Crippen LogP contribution in [-0.2, 0) is 9.53 Å². The maximum atomic E-state index is 11.1. The van der Waals surface area contributed by atoms with Gasteiger partial charge in [0.1, 0.15) is 0 Å². The molecule has 2 nitrogen and oxygen atoms in total. The molecule has 0 N–H and O–H groups in total. The van der Waals surface area contributed by atoms with Gasteiger partial charge in [-0.1, -0.05) is 6.58 Å². The van der Waals surface area contributed by atoms with Gasteiger partial charge in [0.2, 0.25) is 0 Å². The number of carbonyl (C=O) groups is 1. The molecule has 0 unspecified atom stereocenters. The molecule has 0 aromatic carbocycles. The van der Waals surface area contributed by atoms with Gasteiger partial charge in [-0.15, -0.1) is 0 Å². The standard InChI is InChI=1S/C14H20O2/c1-2-14(15)16-8-13-11-4-9-3-10(6-11)7-12(13)5-9/h2,9-13H,1,3-8H2. The molecule has 4 rings (SSSR count). The zero-order valence-electron chi connectivity index (χ0n) is 9.73. The molecule has 0 saturated heterocycles. The lowest BCUT2D eigenvalue weighted by Gasteiger charge is -2.54. The fraction of sp³-hybridized carbons (Fsp3) is 0.786. The lowest BCUT2D eigenvalue weighted by atomic mass is 9.52. The molecular formula is C14H20O2. The van der Waals surface area contributed by atoms with E-state index in [0.717, 1.165) is 23.7 Å². The summed E-state index contributed by atoms with van der Waals surface area (Å²) in [5.41, 5.74) is 0. The molecule has 88 valence electrons. The third kappa shape index (κ3) is 1.68. The number of carbonyl (C=O) groups excluding carboxylic acids is 1. The number of hydrogen-bond acceptors (Lipinski definition) is 2. The SMILES string of the molecule is C=CC(=O)OCC1C2CC3CC(C2)CC1C3. The van der Waals surface area contributed by atoms with E-state index in [4.69, 9.17) is 4.74 Å². The molecule has 4 fully saturated rings. The van der Waals surface area contributed by atoms with Crippen LogP contribution in [0.25, 0.3) is 0 Å². The quantitative estimate of drug-likeness (QED) is 0.540. The van der Waals surface area contributed by atoms with Crippen molar-refractivity contribution in [2.24, 2.45) is 29.6 Å². The Hall–Kier alpha value is -0.790. The minimum atomic E-state index is -0.256. The highest BCUT2D eigenvalue weighted by molar-refractivity contribution is 5.81. The van der Waals surface area contributed by atoms with E-state index < -0.39 is 0 Å². The van der Waals surface area contributed by atoms with Crippen LogP contribution in [0.15, 0.2) is 12.7 Å². The summed E-state index contributed by atoms with van der Waals surface area (Å²) in [6.45, 7) is 4.08. The molecule has 0 atom stereocenters. The van der Waals surface area contributed by atoms with Crippen LogP contribution in [0.3, 0.4) is 0 Å². The predicted molar refractivity (Wildman–Crippen MR) is 61.7 cm³/mol. The highest BCUT2D eigenvalue weighted by Crippen LogP contribution is 2.56. The molecule has 4 saturated carbocycles. The van der Waals surface area contributed by atoms with E-state index in [1.165, 1.54) is 38.2 Å². The van der Waals surface area contributed by atoms with Crippen molar-refractivity contribution < 1.29 is 9.53 Å². The Morgan fingerprint density at radius 1 is 1.12 bits per heavy atom. The average Bonchev–Trinajstić information content (AvgIpc) is 2.26. The van der Waals surface area contributed by atoms with E-state index in [1.807, 2.05) is 0 Å². The molecule has 2 heteroatoms. The smallest absolute Gasteiger partial charge is 0.330 e. The molecule has 0 heterocycles. The van der Waals surface area contributed by atoms with Gasteiger partial charge in [-0.3, -0.25) is 0 Å². The van der Waals surface area contributed by atoms with Crippen LogP contribution in [0, 0.1) is 29.6 Å². The van der Waals surface area contributed by atoms with Gasteiger partial charge in [0.05, 0.1) is 6.61 Å². The molecule has 0 aromatic heterocycles. The monoisotopic (exact) mass is 220 g/mol. The molecule has 0 aliphatic heterocycles. The highest BCUT2D eigenvalue weighted by Gasteiger charge is 2.48. The molecule has 16 heavy (non-hydrogen) atoms. The molecule has 0 spiro atoms. The summed E-state index contributed by atoms with van der Waals surface area (Å²) in [5.74, 6) is 4.07. The van der Waals surface area contributed by atoms with Gasteiger partial charge in [-0.2, -0.15) is 0 Å². The third-order valence-corrected chi connectivity index (χ3v) is 5.01. The van der Waals surface area contributed by atoms with Crippen LogP contribution in [0.5, 0.6) is 0 Å². The fourth-order valence-electron chi connectivity index (χ4n) is 4.55. The van der Waals surface area contributed by atoms with Crippen molar-refractivity contribution in [2.75, 3.05) is 6.61 Å². The topological polar surface area (TPSA) is 26.3 Å². The first kappa shape index (κ1) is 10.4. The zero-order valence-corrected chi connectivity index (χ0v) is 9.73. The van der Waals surface area contributed by atoms with E-state index in [0.29, 0.717) is 12.5 Å². The summed E-state index contributed by atoms with van der Waals surface area (Å²) in [7, 11) is 0. The van der Waals surface area contributed by atoms with Crippen molar-refractivity contribution in [1.29, 1.82) is 0 Å². The van der Waals surface area contributed by atoms with Gasteiger partial charge in [0, 0.05) is 6.08 Å². The summed E-state index contributed by atoms with van der Waals surface area (Å²) < 4.78 is 5.26. The van der Waals surface area contributed by atoms with Crippen molar-refractivity contribution in [2.45, 2.75) is 32.1 Å². The maximum Gasteiger partial charge on any atom is 0.330 e. The summed E-state index contributed by atoms with van der Waals surface area (Å²) >= 11 is 0. The molecule has 4 bridgehead atoms. The third-order valence-electron chi connectivity index (χ3n) is 5.01. The Balaban J connectivity index is 1.63. The summed E-state index contributed by atoms with van der Waals surface area (Å²) in [4.78, 5) is 11.1. The molecular weight excluding hydrogens is 200 g/mol. The van der Waals surface area contributed by atoms with Crippen molar-refractivity contribution in [1.82, 2.24) is 0 Å². The van der Waals surface area contributed by atoms with Gasteiger partial charge in [-0.05, 0) is 61.7 Å². The number of rotatable bonds is 3. The van der Waals surface area contributed by atoms with E-state index in [1.54, 1.807) is 0 Å². The van der Waals surface area contributed by atoms with Gasteiger partial charge in [-0.25, -0.2) is 4.79 Å². The van der Waals surface area contributed by atoms with Gasteiger partial charge in [0.15, 0.2) is 0 Å². The largest absolute Gasteiger partial charge is 0.462 e. The molecule has 0 amide bonds. The van der Waals surface area contributed by atoms with Gasteiger partial charge in [0.25, 0.3) is 0 Å². The van der Waals surface area contributed by atoms with Crippen LogP contribution in [-0.4, -0.2) is 12.6 Å². The zero-order chi connectivity index (χ0) is 11.1. The van der Waals surface area contributed by atoms with Crippen LogP contribution in [0.1, 0.15) is 32.1 Å². The summed E-state index contributed by atoms with van der Waals surface area (Å²) in [6.07, 6.45) is 8.32. The molecule has 4 aliphatic carbocycles. The van der Waals surface area contributed by atoms with Crippen LogP contribution in [0.4, 0.5) is 0 Å². The number of hydrogen-bond donors (Lipinski definition) is 0. The van der Waals surface area contributed by atoms with Crippen molar-refractivity contribution in [3.8, 4) is 0 Å². The van der Waals surface area contributed by atoms with Gasteiger partial charge >= 0.3 is 5.97 Å². The lowest BCUT2D eigenvalue weighted by Crippen LogP contribution is -2.46. The first-order valence-corrected chi connectivity index (χ1v) is 6.55. The Labute approximate surface area is 97.1 Å². The summed E-state index contributed by atoms with van der Waals surface area (Å²) in [6, 6.07) is 0. The molecule has 0 aromatic rings. The second kappa shape index (κ2) is 3.90. The van der Waals surface area contributed by atoms with E-state index in [9.17, 15) is 4.79 Å². The Kier molecular flexibility index (Phi) is 2.53. The second-order valence-corrected chi connectivity index (χ2v) is 5.93. The first-order chi connectivity index (χ1) is 7.76. The van der Waals surface area contributed by atoms with Crippen molar-refractivity contribution in [3.63, 3.8) is 0 Å². The minimum absolute atomic E-state index is 0.256. The lowest BCUT2D eigenvalue weighted by molar-refractivity contribution is -0.144. The summed E-state index contributed by atoms with van der Waals surface area (Å²) in [5, 5.41) is 0. The Morgan fingerprint density at radius 3 is 2.19 bits per heavy atom. The van der Waals surface area contributed by atoms with Crippen LogP contribution >= 0.6 is 0 Å². The number of ether oxygens (including phenoxy) is 1. The Bertz CT molecular complexity index is 280. The van der Waals surface area contributed by atoms with Gasteiger partial charge < -0.3 is 4.74 Å². The normalized spacial score (nSPS) is 44.4. The van der Waals surface area contributed by atoms with Crippen molar-refractivity contribution >= 4 is 5.97 Å². The van der Waals surface area contributed by atoms with E-state index >= 15 is 0 Å². The highest BCUT2D eigenvalue weighted by atomic mass is 16.5. The average molecular weight is 220 g/mol. The molecule has 4 aliphatic rings.